The number of pyridine rings is 1. The van der Waals surface area contributed by atoms with Gasteiger partial charge in [-0.3, -0.25) is 4.79 Å². The number of methoxy groups -OCH3 is 1. The maximum Gasteiger partial charge on any atom is 0.417 e. The molecule has 0 saturated carbocycles. The third kappa shape index (κ3) is 4.75. The van der Waals surface area contributed by atoms with Crippen LogP contribution in [0.15, 0.2) is 42.6 Å². The fraction of sp³-hybridized carbons (Fsp3) is 0.429. The van der Waals surface area contributed by atoms with Crippen LogP contribution in [0, 0.1) is 0 Å². The summed E-state index contributed by atoms with van der Waals surface area (Å²) < 4.78 is 43.5. The van der Waals surface area contributed by atoms with E-state index < -0.39 is 17.8 Å². The number of benzene rings is 1. The van der Waals surface area contributed by atoms with Crippen LogP contribution < -0.4 is 25.8 Å². The molecule has 1 amide bonds. The Morgan fingerprint density at radius 2 is 2.03 bits per heavy atom. The lowest BCUT2D eigenvalue weighted by molar-refractivity contribution is -0.137. The van der Waals surface area contributed by atoms with Crippen molar-refractivity contribution in [2.24, 2.45) is 0 Å². The lowest BCUT2D eigenvalue weighted by Gasteiger charge is -2.19. The second-order valence-corrected chi connectivity index (χ2v) is 7.71. The molecule has 0 radical (unpaired) electrons. The number of aromatic nitrogens is 1. The van der Waals surface area contributed by atoms with Crippen molar-refractivity contribution in [2.45, 2.75) is 37.1 Å². The average molecular weight is 435 g/mol. The first-order chi connectivity index (χ1) is 14.8. The molecular weight excluding hydrogens is 411 g/mol. The molecule has 10 heteroatoms. The molecule has 0 spiro atoms. The Morgan fingerprint density at radius 3 is 2.74 bits per heavy atom. The number of carbonyl (C=O) groups is 1. The van der Waals surface area contributed by atoms with Crippen molar-refractivity contribution in [2.75, 3.05) is 25.1 Å². The van der Waals surface area contributed by atoms with Gasteiger partial charge in [-0.15, -0.1) is 0 Å². The van der Waals surface area contributed by atoms with Crippen molar-refractivity contribution in [3.8, 4) is 5.75 Å². The first-order valence-electron chi connectivity index (χ1n) is 10.1. The molecule has 3 atom stereocenters. The summed E-state index contributed by atoms with van der Waals surface area (Å²) in [6, 6.07) is 9.52. The van der Waals surface area contributed by atoms with Crippen molar-refractivity contribution >= 4 is 11.7 Å². The summed E-state index contributed by atoms with van der Waals surface area (Å²) in [6.07, 6.45) is -2.29. The second-order valence-electron chi connectivity index (χ2n) is 7.71. The normalized spacial score (nSPS) is 23.7. The van der Waals surface area contributed by atoms with E-state index in [0.29, 0.717) is 31.7 Å². The largest absolute Gasteiger partial charge is 0.496 e. The Hall–Kier alpha value is -2.85. The monoisotopic (exact) mass is 435 g/mol. The minimum Gasteiger partial charge on any atom is -0.496 e. The summed E-state index contributed by atoms with van der Waals surface area (Å²) >= 11 is 0. The maximum atomic E-state index is 12.7. The number of ether oxygens (including phenoxy) is 1. The zero-order valence-electron chi connectivity index (χ0n) is 16.9. The molecule has 2 aliphatic rings. The summed E-state index contributed by atoms with van der Waals surface area (Å²) in [6.45, 7) is 1.11. The van der Waals surface area contributed by atoms with Gasteiger partial charge in [0.2, 0.25) is 5.91 Å². The Kier molecular flexibility index (Phi) is 6.01. The van der Waals surface area contributed by atoms with Crippen LogP contribution in [0.3, 0.4) is 0 Å². The number of amides is 1. The van der Waals surface area contributed by atoms with Gasteiger partial charge in [0, 0.05) is 30.9 Å². The van der Waals surface area contributed by atoms with E-state index in [4.69, 9.17) is 4.74 Å². The standard InChI is InChI=1S/C21H24F3N5O2/c1-31-18-5-3-2-4-15(18)16-10-17(28-27-16)20(30)26-14-8-9-29(12-14)19-7-6-13(11-25-19)21(22,23)24/h2-7,11,14,16-17,27-28H,8-10,12H2,1H3,(H,26,30). The highest BCUT2D eigenvalue weighted by Gasteiger charge is 2.34. The number of hydrazine groups is 1. The van der Waals surface area contributed by atoms with Crippen molar-refractivity contribution < 1.29 is 22.7 Å². The van der Waals surface area contributed by atoms with Gasteiger partial charge < -0.3 is 15.0 Å². The Morgan fingerprint density at radius 1 is 1.23 bits per heavy atom. The number of nitrogens with one attached hydrogen (secondary N) is 3. The van der Waals surface area contributed by atoms with E-state index in [2.05, 4.69) is 21.2 Å². The third-order valence-corrected chi connectivity index (χ3v) is 5.67. The molecule has 7 nitrogen and oxygen atoms in total. The molecule has 2 aliphatic heterocycles. The smallest absolute Gasteiger partial charge is 0.417 e. The van der Waals surface area contributed by atoms with Crippen molar-refractivity contribution in [3.63, 3.8) is 0 Å². The molecule has 0 bridgehead atoms. The third-order valence-electron chi connectivity index (χ3n) is 5.67. The molecule has 0 aliphatic carbocycles. The Bertz CT molecular complexity index is 922. The molecule has 3 N–H and O–H groups in total. The molecule has 31 heavy (non-hydrogen) atoms. The number of anilines is 1. The molecule has 2 fully saturated rings. The lowest BCUT2D eigenvalue weighted by atomic mass is 10.0. The van der Waals surface area contributed by atoms with Crippen molar-refractivity contribution in [1.82, 2.24) is 21.2 Å². The van der Waals surface area contributed by atoms with Crippen LogP contribution in [0.4, 0.5) is 19.0 Å². The Labute approximate surface area is 177 Å². The van der Waals surface area contributed by atoms with Crippen molar-refractivity contribution in [3.05, 3.63) is 53.7 Å². The van der Waals surface area contributed by atoms with E-state index >= 15 is 0 Å². The number of hydrogen-bond donors (Lipinski definition) is 3. The molecule has 3 heterocycles. The summed E-state index contributed by atoms with van der Waals surface area (Å²) in [5.74, 6) is 1.12. The predicted molar refractivity (Wildman–Crippen MR) is 108 cm³/mol. The van der Waals surface area contributed by atoms with Crippen LogP contribution in [0.1, 0.15) is 30.0 Å². The van der Waals surface area contributed by atoms with Crippen molar-refractivity contribution in [1.29, 1.82) is 0 Å². The molecule has 3 unspecified atom stereocenters. The van der Waals surface area contributed by atoms with Gasteiger partial charge in [0.1, 0.15) is 17.6 Å². The van der Waals surface area contributed by atoms with Crippen LogP contribution in [-0.4, -0.2) is 43.2 Å². The maximum absolute atomic E-state index is 12.7. The summed E-state index contributed by atoms with van der Waals surface area (Å²) in [5, 5.41) is 3.03. The molecule has 4 rings (SSSR count). The van der Waals surface area contributed by atoms with Gasteiger partial charge in [0.05, 0.1) is 18.7 Å². The van der Waals surface area contributed by atoms with Gasteiger partial charge in [-0.1, -0.05) is 18.2 Å². The molecule has 2 aromatic rings. The van der Waals surface area contributed by atoms with Gasteiger partial charge in [-0.2, -0.15) is 13.2 Å². The summed E-state index contributed by atoms with van der Waals surface area (Å²) in [7, 11) is 1.61. The first kappa shape index (κ1) is 21.4. The zero-order chi connectivity index (χ0) is 22.0. The van der Waals surface area contributed by atoms with Gasteiger partial charge in [0.25, 0.3) is 0 Å². The van der Waals surface area contributed by atoms with Gasteiger partial charge in [-0.25, -0.2) is 15.8 Å². The SMILES string of the molecule is COc1ccccc1C1CC(C(=O)NC2CCN(c3ccc(C(F)(F)F)cn3)C2)NN1. The topological polar surface area (TPSA) is 78.5 Å². The fourth-order valence-electron chi connectivity index (χ4n) is 4.02. The number of nitrogens with zero attached hydrogens (tertiary/aromatic N) is 2. The Balaban J connectivity index is 1.31. The highest BCUT2D eigenvalue weighted by atomic mass is 19.4. The van der Waals surface area contributed by atoms with Crippen LogP contribution in [0.5, 0.6) is 5.75 Å². The van der Waals surface area contributed by atoms with Gasteiger partial charge in [0.15, 0.2) is 0 Å². The van der Waals surface area contributed by atoms with Crippen LogP contribution in [0.25, 0.3) is 0 Å². The minimum atomic E-state index is -4.41. The average Bonchev–Trinajstić information content (AvgIpc) is 3.43. The number of alkyl halides is 3. The van der Waals surface area contributed by atoms with E-state index in [9.17, 15) is 18.0 Å². The summed E-state index contributed by atoms with van der Waals surface area (Å²) in [5.41, 5.74) is 6.40. The van der Waals surface area contributed by atoms with Gasteiger partial charge in [-0.05, 0) is 31.0 Å². The number of halogens is 3. The zero-order valence-corrected chi connectivity index (χ0v) is 16.9. The quantitative estimate of drug-likeness (QED) is 0.670. The van der Waals surface area contributed by atoms with E-state index in [1.165, 1.54) is 6.07 Å². The second kappa shape index (κ2) is 8.72. The molecule has 166 valence electrons. The first-order valence-corrected chi connectivity index (χ1v) is 10.1. The molecule has 1 aromatic carbocycles. The van der Waals surface area contributed by atoms with Crippen LogP contribution in [-0.2, 0) is 11.0 Å². The van der Waals surface area contributed by atoms with E-state index in [-0.39, 0.29) is 18.0 Å². The van der Waals surface area contributed by atoms with E-state index in [1.54, 1.807) is 7.11 Å². The van der Waals surface area contributed by atoms with E-state index in [0.717, 1.165) is 23.6 Å². The molecule has 1 aromatic heterocycles. The number of carbonyl (C=O) groups excluding carboxylic acids is 1. The summed E-state index contributed by atoms with van der Waals surface area (Å²) in [4.78, 5) is 18.5. The predicted octanol–water partition coefficient (Wildman–Crippen LogP) is 2.41. The molecular formula is C21H24F3N5O2. The minimum absolute atomic E-state index is 0.0525. The lowest BCUT2D eigenvalue weighted by Crippen LogP contribution is -2.47. The van der Waals surface area contributed by atoms with E-state index in [1.807, 2.05) is 29.2 Å². The molecule has 2 saturated heterocycles. The van der Waals surface area contributed by atoms with Gasteiger partial charge >= 0.3 is 6.18 Å². The van der Waals surface area contributed by atoms with Crippen LogP contribution in [0.2, 0.25) is 0 Å². The fourth-order valence-corrected chi connectivity index (χ4v) is 4.02. The number of para-hydroxylation sites is 1. The highest BCUT2D eigenvalue weighted by Crippen LogP contribution is 2.31. The van der Waals surface area contributed by atoms with Crippen LogP contribution >= 0.6 is 0 Å². The number of rotatable bonds is 5. The highest BCUT2D eigenvalue weighted by molar-refractivity contribution is 5.82. The number of hydrogen-bond acceptors (Lipinski definition) is 6.